The molecule has 2 heterocycles. The lowest BCUT2D eigenvalue weighted by Crippen LogP contribution is -2.28. The van der Waals surface area contributed by atoms with Crippen LogP contribution in [-0.2, 0) is 12.8 Å². The minimum atomic E-state index is -0.263. The molecule has 1 aliphatic carbocycles. The molecule has 1 unspecified atom stereocenters. The highest BCUT2D eigenvalue weighted by Crippen LogP contribution is 2.36. The first-order valence-corrected chi connectivity index (χ1v) is 8.86. The van der Waals surface area contributed by atoms with Gasteiger partial charge in [-0.1, -0.05) is 18.5 Å². The van der Waals surface area contributed by atoms with E-state index < -0.39 is 0 Å². The van der Waals surface area contributed by atoms with Gasteiger partial charge in [0, 0.05) is 22.8 Å². The molecule has 6 heteroatoms. The maximum Gasteiger partial charge on any atom is 0.256 e. The fraction of sp³-hybridized carbons (Fsp3) is 0.444. The highest BCUT2D eigenvalue weighted by molar-refractivity contribution is 6.30. The molecule has 0 bridgehead atoms. The third-order valence-corrected chi connectivity index (χ3v) is 5.41. The van der Waals surface area contributed by atoms with Crippen molar-refractivity contribution in [3.8, 4) is 0 Å². The first-order chi connectivity index (χ1) is 11.5. The Balaban J connectivity index is 1.72. The second-order valence-electron chi connectivity index (χ2n) is 6.91. The zero-order valence-electron chi connectivity index (χ0n) is 13.7. The molecule has 4 rings (SSSR count). The molecule has 2 aliphatic rings. The molecule has 2 atom stereocenters. The highest BCUT2D eigenvalue weighted by Gasteiger charge is 2.32. The molecule has 0 spiro atoms. The van der Waals surface area contributed by atoms with E-state index in [-0.39, 0.29) is 11.8 Å². The topological polar surface area (TPSA) is 72.9 Å². The number of anilines is 2. The van der Waals surface area contributed by atoms with Gasteiger partial charge in [-0.15, -0.1) is 0 Å². The normalized spacial score (nSPS) is 22.4. The Morgan fingerprint density at radius 2 is 2.25 bits per heavy atom. The van der Waals surface area contributed by atoms with Crippen LogP contribution in [0, 0.1) is 5.92 Å². The van der Waals surface area contributed by atoms with Crippen LogP contribution in [0.5, 0.6) is 0 Å². The van der Waals surface area contributed by atoms with Gasteiger partial charge in [0.1, 0.15) is 5.82 Å². The molecule has 0 amide bonds. The minimum absolute atomic E-state index is 0.0560. The van der Waals surface area contributed by atoms with E-state index in [2.05, 4.69) is 17.3 Å². The van der Waals surface area contributed by atoms with Crippen molar-refractivity contribution in [3.05, 3.63) is 40.0 Å². The quantitative estimate of drug-likeness (QED) is 0.830. The number of carbonyl (C=O) groups excluding carboxylic acids is 1. The Bertz CT molecular complexity index is 814. The molecule has 0 radical (unpaired) electrons. The van der Waals surface area contributed by atoms with Crippen molar-refractivity contribution >= 4 is 29.0 Å². The number of nitrogens with one attached hydrogen (secondary N) is 1. The number of carbonyl (C=O) groups is 1. The molecule has 0 saturated heterocycles. The summed E-state index contributed by atoms with van der Waals surface area (Å²) in [6, 6.07) is 5.63. The van der Waals surface area contributed by atoms with Gasteiger partial charge in [-0.05, 0) is 55.4 Å². The Morgan fingerprint density at radius 1 is 1.42 bits per heavy atom. The van der Waals surface area contributed by atoms with Crippen molar-refractivity contribution in [1.29, 1.82) is 0 Å². The molecule has 126 valence electrons. The predicted octanol–water partition coefficient (Wildman–Crippen LogP) is 3.48. The number of nitrogen functional groups attached to an aromatic ring is 1. The number of hydrogen-bond acceptors (Lipinski definition) is 4. The van der Waals surface area contributed by atoms with Gasteiger partial charge in [0.05, 0.1) is 11.6 Å². The van der Waals surface area contributed by atoms with Crippen molar-refractivity contribution in [1.82, 2.24) is 9.78 Å². The molecular formula is C18H21ClN4O. The van der Waals surface area contributed by atoms with Crippen molar-refractivity contribution < 1.29 is 4.79 Å². The van der Waals surface area contributed by atoms with Crippen LogP contribution in [0.4, 0.5) is 11.5 Å². The van der Waals surface area contributed by atoms with Gasteiger partial charge in [-0.25, -0.2) is 0 Å². The largest absolute Gasteiger partial charge is 0.385 e. The Hall–Kier alpha value is -2.01. The molecule has 0 fully saturated rings. The summed E-state index contributed by atoms with van der Waals surface area (Å²) in [6.07, 6.45) is 3.62. The molecule has 0 saturated carbocycles. The third kappa shape index (κ3) is 2.47. The van der Waals surface area contributed by atoms with E-state index in [1.807, 2.05) is 18.2 Å². The monoisotopic (exact) mass is 344 g/mol. The average molecular weight is 345 g/mol. The maximum absolute atomic E-state index is 13.1. The van der Waals surface area contributed by atoms with Crippen LogP contribution in [0.25, 0.3) is 0 Å². The summed E-state index contributed by atoms with van der Waals surface area (Å²) in [5.74, 6) is 0.787. The van der Waals surface area contributed by atoms with Crippen LogP contribution in [0.3, 0.4) is 0 Å². The average Bonchev–Trinajstić information content (AvgIpc) is 2.90. The third-order valence-electron chi connectivity index (χ3n) is 5.18. The highest BCUT2D eigenvalue weighted by atomic mass is 35.5. The molecule has 3 N–H and O–H groups in total. The van der Waals surface area contributed by atoms with E-state index in [0.717, 1.165) is 48.3 Å². The van der Waals surface area contributed by atoms with Crippen molar-refractivity contribution in [2.45, 2.75) is 38.5 Å². The van der Waals surface area contributed by atoms with Gasteiger partial charge in [-0.2, -0.15) is 9.78 Å². The summed E-state index contributed by atoms with van der Waals surface area (Å²) in [5, 5.41) is 8.50. The lowest BCUT2D eigenvalue weighted by atomic mass is 9.88. The van der Waals surface area contributed by atoms with E-state index in [1.165, 1.54) is 4.68 Å². The molecule has 24 heavy (non-hydrogen) atoms. The van der Waals surface area contributed by atoms with Crippen LogP contribution < -0.4 is 11.1 Å². The summed E-state index contributed by atoms with van der Waals surface area (Å²) >= 11 is 6.14. The lowest BCUT2D eigenvalue weighted by molar-refractivity contribution is 0.0859. The Morgan fingerprint density at radius 3 is 3.08 bits per heavy atom. The first kappa shape index (κ1) is 15.5. The van der Waals surface area contributed by atoms with E-state index in [0.29, 0.717) is 23.2 Å². The smallest absolute Gasteiger partial charge is 0.256 e. The second kappa shape index (κ2) is 5.81. The fourth-order valence-electron chi connectivity index (χ4n) is 3.83. The number of rotatable bonds is 1. The first-order valence-electron chi connectivity index (χ1n) is 8.48. The second-order valence-corrected chi connectivity index (χ2v) is 7.34. The Labute approximate surface area is 146 Å². The van der Waals surface area contributed by atoms with E-state index >= 15 is 0 Å². The van der Waals surface area contributed by atoms with E-state index in [4.69, 9.17) is 17.3 Å². The molecule has 1 aromatic carbocycles. The van der Waals surface area contributed by atoms with Gasteiger partial charge in [0.2, 0.25) is 0 Å². The number of benzene rings is 1. The standard InChI is InChI=1S/C18H21ClN4O/c1-10-2-4-16-14(8-10)17(20)23(22-16)18(24)12-6-7-21-15-5-3-11(19)9-13(12)15/h3,5,9-10,12,21H,2,4,6-8,20H2,1H3/t10?,12-/m1/s1. The predicted molar refractivity (Wildman–Crippen MR) is 95.8 cm³/mol. The van der Waals surface area contributed by atoms with Gasteiger partial charge in [-0.3, -0.25) is 4.79 Å². The summed E-state index contributed by atoms with van der Waals surface area (Å²) in [7, 11) is 0. The van der Waals surface area contributed by atoms with E-state index in [9.17, 15) is 4.79 Å². The van der Waals surface area contributed by atoms with Crippen LogP contribution in [0.1, 0.15) is 47.3 Å². The van der Waals surface area contributed by atoms with Gasteiger partial charge in [0.15, 0.2) is 0 Å². The molecular weight excluding hydrogens is 324 g/mol. The van der Waals surface area contributed by atoms with Gasteiger partial charge in [0.25, 0.3) is 5.91 Å². The Kier molecular flexibility index (Phi) is 3.76. The number of nitrogens with two attached hydrogens (primary N) is 1. The molecule has 2 aromatic rings. The molecule has 5 nitrogen and oxygen atoms in total. The number of aryl methyl sites for hydroxylation is 1. The fourth-order valence-corrected chi connectivity index (χ4v) is 4.01. The zero-order chi connectivity index (χ0) is 16.8. The number of nitrogens with zero attached hydrogens (tertiary/aromatic N) is 2. The summed E-state index contributed by atoms with van der Waals surface area (Å²) < 4.78 is 1.43. The van der Waals surface area contributed by atoms with Crippen LogP contribution in [0.15, 0.2) is 18.2 Å². The molecule has 1 aromatic heterocycles. The maximum atomic E-state index is 13.1. The van der Waals surface area contributed by atoms with Crippen molar-refractivity contribution in [3.63, 3.8) is 0 Å². The lowest BCUT2D eigenvalue weighted by Gasteiger charge is -2.26. The SMILES string of the molecule is CC1CCc2nn(C(=O)[C@@H]3CCNc4ccc(Cl)cc43)c(N)c2C1. The minimum Gasteiger partial charge on any atom is -0.385 e. The van der Waals surface area contributed by atoms with Gasteiger partial charge < -0.3 is 11.1 Å². The van der Waals surface area contributed by atoms with Crippen LogP contribution >= 0.6 is 11.6 Å². The van der Waals surface area contributed by atoms with Crippen molar-refractivity contribution in [2.75, 3.05) is 17.6 Å². The van der Waals surface area contributed by atoms with Gasteiger partial charge >= 0.3 is 0 Å². The number of aromatic nitrogens is 2. The summed E-state index contributed by atoms with van der Waals surface area (Å²) in [6.45, 7) is 2.97. The zero-order valence-corrected chi connectivity index (χ0v) is 14.4. The van der Waals surface area contributed by atoms with Crippen molar-refractivity contribution in [2.24, 2.45) is 5.92 Å². The van der Waals surface area contributed by atoms with Crippen LogP contribution in [-0.4, -0.2) is 22.2 Å². The number of fused-ring (bicyclic) bond motifs is 2. The number of halogens is 1. The van der Waals surface area contributed by atoms with Crippen LogP contribution in [0.2, 0.25) is 5.02 Å². The molecule has 1 aliphatic heterocycles. The van der Waals surface area contributed by atoms with E-state index in [1.54, 1.807) is 0 Å². The summed E-state index contributed by atoms with van der Waals surface area (Å²) in [5.41, 5.74) is 10.2. The number of hydrogen-bond donors (Lipinski definition) is 2. The summed E-state index contributed by atoms with van der Waals surface area (Å²) in [4.78, 5) is 13.1.